The molecule has 2 rings (SSSR count). The maximum absolute atomic E-state index is 10.5. The summed E-state index contributed by atoms with van der Waals surface area (Å²) in [5, 5.41) is 10.4. The van der Waals surface area contributed by atoms with Crippen molar-refractivity contribution in [3.8, 4) is 0 Å². The van der Waals surface area contributed by atoms with Crippen LogP contribution in [0.3, 0.4) is 0 Å². The van der Waals surface area contributed by atoms with Crippen molar-refractivity contribution in [3.63, 3.8) is 0 Å². The van der Waals surface area contributed by atoms with Crippen LogP contribution in [0.15, 0.2) is 11.9 Å². The van der Waals surface area contributed by atoms with E-state index >= 15 is 0 Å². The summed E-state index contributed by atoms with van der Waals surface area (Å²) in [6.45, 7) is 0. The third-order valence-electron chi connectivity index (χ3n) is 2.22. The van der Waals surface area contributed by atoms with Gasteiger partial charge in [0, 0.05) is 24.9 Å². The third kappa shape index (κ3) is 1.12. The highest BCUT2D eigenvalue weighted by Crippen LogP contribution is 2.43. The van der Waals surface area contributed by atoms with E-state index in [0.29, 0.717) is 0 Å². The van der Waals surface area contributed by atoms with Crippen LogP contribution < -0.4 is 10.9 Å². The zero-order valence-corrected chi connectivity index (χ0v) is 6.74. The second kappa shape index (κ2) is 2.38. The minimum absolute atomic E-state index is 0.181. The van der Waals surface area contributed by atoms with Crippen molar-refractivity contribution in [1.82, 2.24) is 16.0 Å². The number of nitrogens with zero attached hydrogens (tertiary/aromatic N) is 1. The molecule has 1 aliphatic heterocycles. The Morgan fingerprint density at radius 1 is 1.83 bits per heavy atom. The van der Waals surface area contributed by atoms with Crippen LogP contribution in [-0.4, -0.2) is 23.2 Å². The van der Waals surface area contributed by atoms with Crippen molar-refractivity contribution in [2.45, 2.75) is 6.42 Å². The minimum atomic E-state index is -0.697. The molecule has 5 heteroatoms. The van der Waals surface area contributed by atoms with E-state index < -0.39 is 5.97 Å². The molecule has 5 nitrogen and oxygen atoms in total. The number of allylic oxidation sites excluding steroid dienone is 1. The van der Waals surface area contributed by atoms with Gasteiger partial charge in [-0.2, -0.15) is 0 Å². The van der Waals surface area contributed by atoms with Gasteiger partial charge in [0.25, 0.3) is 0 Å². The largest absolute Gasteiger partial charge is 0.481 e. The van der Waals surface area contributed by atoms with Crippen LogP contribution in [0.4, 0.5) is 0 Å². The Hall–Kier alpha value is -1.23. The maximum Gasteiger partial charge on any atom is 0.307 e. The van der Waals surface area contributed by atoms with E-state index in [2.05, 4.69) is 10.9 Å². The van der Waals surface area contributed by atoms with Gasteiger partial charge in [0.2, 0.25) is 0 Å². The summed E-state index contributed by atoms with van der Waals surface area (Å²) >= 11 is 0. The molecule has 1 fully saturated rings. The fourth-order valence-corrected chi connectivity index (χ4v) is 1.43. The summed E-state index contributed by atoms with van der Waals surface area (Å²) in [6, 6.07) is 0. The second-order valence-electron chi connectivity index (χ2n) is 3.19. The Labute approximate surface area is 70.0 Å². The molecular formula is C7H11N3O2. The highest BCUT2D eigenvalue weighted by molar-refractivity contribution is 5.74. The molecule has 3 N–H and O–H groups in total. The second-order valence-corrected chi connectivity index (χ2v) is 3.19. The number of carboxylic acids is 1. The molecular weight excluding hydrogens is 158 g/mol. The van der Waals surface area contributed by atoms with Crippen LogP contribution in [-0.2, 0) is 4.79 Å². The average molecular weight is 169 g/mol. The van der Waals surface area contributed by atoms with Gasteiger partial charge < -0.3 is 16.0 Å². The quantitative estimate of drug-likeness (QED) is 0.520. The normalized spacial score (nSPS) is 33.6. The van der Waals surface area contributed by atoms with Crippen molar-refractivity contribution in [2.75, 3.05) is 7.05 Å². The van der Waals surface area contributed by atoms with Gasteiger partial charge in [0.15, 0.2) is 0 Å². The monoisotopic (exact) mass is 169 g/mol. The third-order valence-corrected chi connectivity index (χ3v) is 2.22. The minimum Gasteiger partial charge on any atom is -0.481 e. The summed E-state index contributed by atoms with van der Waals surface area (Å²) in [5.74, 6) is -0.700. The van der Waals surface area contributed by atoms with Crippen LogP contribution in [0.1, 0.15) is 6.42 Å². The van der Waals surface area contributed by atoms with Gasteiger partial charge in [-0.15, -0.1) is 5.12 Å². The van der Waals surface area contributed by atoms with Gasteiger partial charge in [-0.3, -0.25) is 4.79 Å². The predicted octanol–water partition coefficient (Wildman–Crippen LogP) is -0.497. The molecule has 12 heavy (non-hydrogen) atoms. The molecule has 0 aromatic rings. The zero-order chi connectivity index (χ0) is 8.72. The van der Waals surface area contributed by atoms with E-state index in [0.717, 1.165) is 12.1 Å². The summed E-state index contributed by atoms with van der Waals surface area (Å²) in [4.78, 5) is 10.5. The number of hydrazine groups is 2. The smallest absolute Gasteiger partial charge is 0.307 e. The number of hydrogen-bond donors (Lipinski definition) is 3. The van der Waals surface area contributed by atoms with Crippen molar-refractivity contribution in [1.29, 1.82) is 0 Å². The first-order chi connectivity index (χ1) is 5.68. The Kier molecular flexibility index (Phi) is 1.47. The first-order valence-electron chi connectivity index (χ1n) is 3.88. The lowest BCUT2D eigenvalue weighted by atomic mass is 10.2. The SMILES string of the molecule is CN1NC=C([C@H]2C[C@@H]2C(=O)O)N1. The van der Waals surface area contributed by atoms with E-state index in [1.807, 2.05) is 13.2 Å². The molecule has 66 valence electrons. The molecule has 0 saturated heterocycles. The lowest BCUT2D eigenvalue weighted by Gasteiger charge is -2.10. The van der Waals surface area contributed by atoms with Crippen LogP contribution in [0.2, 0.25) is 0 Å². The molecule has 0 aromatic carbocycles. The van der Waals surface area contributed by atoms with Crippen molar-refractivity contribution < 1.29 is 9.90 Å². The number of hydrogen-bond acceptors (Lipinski definition) is 4. The molecule has 0 amide bonds. The first kappa shape index (κ1) is 7.42. The Bertz CT molecular complexity index is 251. The molecule has 0 aromatic heterocycles. The number of aliphatic carboxylic acids is 1. The summed E-state index contributed by atoms with van der Waals surface area (Å²) in [7, 11) is 1.83. The number of carbonyl (C=O) groups is 1. The summed E-state index contributed by atoms with van der Waals surface area (Å²) < 4.78 is 0. The number of nitrogens with one attached hydrogen (secondary N) is 2. The van der Waals surface area contributed by atoms with Gasteiger partial charge in [-0.25, -0.2) is 0 Å². The summed E-state index contributed by atoms with van der Waals surface area (Å²) in [6.07, 6.45) is 2.57. The molecule has 1 heterocycles. The summed E-state index contributed by atoms with van der Waals surface area (Å²) in [5.41, 5.74) is 6.91. The van der Waals surface area contributed by atoms with E-state index in [1.54, 1.807) is 5.12 Å². The van der Waals surface area contributed by atoms with Gasteiger partial charge in [0.05, 0.1) is 5.92 Å². The Balaban J connectivity index is 1.93. The zero-order valence-electron chi connectivity index (χ0n) is 6.74. The highest BCUT2D eigenvalue weighted by Gasteiger charge is 2.46. The van der Waals surface area contributed by atoms with Crippen molar-refractivity contribution >= 4 is 5.97 Å². The first-order valence-corrected chi connectivity index (χ1v) is 3.88. The molecule has 1 aliphatic carbocycles. The lowest BCUT2D eigenvalue weighted by Crippen LogP contribution is -2.35. The van der Waals surface area contributed by atoms with Gasteiger partial charge in [-0.1, -0.05) is 0 Å². The van der Waals surface area contributed by atoms with Gasteiger partial charge >= 0.3 is 5.97 Å². The molecule has 0 unspecified atom stereocenters. The lowest BCUT2D eigenvalue weighted by molar-refractivity contribution is -0.138. The molecule has 0 radical (unpaired) electrons. The predicted molar refractivity (Wildman–Crippen MR) is 41.4 cm³/mol. The van der Waals surface area contributed by atoms with Gasteiger partial charge in [0.1, 0.15) is 0 Å². The fourth-order valence-electron chi connectivity index (χ4n) is 1.43. The molecule has 2 aliphatic rings. The number of rotatable bonds is 2. The van der Waals surface area contributed by atoms with Crippen molar-refractivity contribution in [2.24, 2.45) is 11.8 Å². The van der Waals surface area contributed by atoms with Crippen LogP contribution >= 0.6 is 0 Å². The topological polar surface area (TPSA) is 64.6 Å². The van der Waals surface area contributed by atoms with E-state index in [-0.39, 0.29) is 11.8 Å². The molecule has 0 bridgehead atoms. The van der Waals surface area contributed by atoms with E-state index in [1.165, 1.54) is 0 Å². The van der Waals surface area contributed by atoms with E-state index in [9.17, 15) is 4.79 Å². The van der Waals surface area contributed by atoms with Gasteiger partial charge in [-0.05, 0) is 6.42 Å². The highest BCUT2D eigenvalue weighted by atomic mass is 16.4. The molecule has 0 spiro atoms. The van der Waals surface area contributed by atoms with Crippen LogP contribution in [0.5, 0.6) is 0 Å². The van der Waals surface area contributed by atoms with E-state index in [4.69, 9.17) is 5.11 Å². The van der Waals surface area contributed by atoms with Crippen LogP contribution in [0.25, 0.3) is 0 Å². The van der Waals surface area contributed by atoms with Crippen molar-refractivity contribution in [3.05, 3.63) is 11.9 Å². The van der Waals surface area contributed by atoms with Crippen LogP contribution in [0, 0.1) is 11.8 Å². The molecule has 2 atom stereocenters. The Morgan fingerprint density at radius 3 is 3.00 bits per heavy atom. The average Bonchev–Trinajstić information content (AvgIpc) is 2.70. The standard InChI is InChI=1S/C7H11N3O2/c1-10-8-3-6(9-10)4-2-5(4)7(11)12/h3-5,8-9H,2H2,1H3,(H,11,12)/t4-,5-/m0/s1. The maximum atomic E-state index is 10.5. The fraction of sp³-hybridized carbons (Fsp3) is 0.571. The molecule has 1 saturated carbocycles. The number of carboxylic acid groups (broad SMARTS) is 1. The Morgan fingerprint density at radius 2 is 2.58 bits per heavy atom.